The highest BCUT2D eigenvalue weighted by molar-refractivity contribution is 5.87. The zero-order chi connectivity index (χ0) is 15.9. The average molecular weight is 300 g/mol. The zero-order valence-electron chi connectivity index (χ0n) is 13.0. The second kappa shape index (κ2) is 7.35. The molecular weight excluding hydrogens is 280 g/mol. The summed E-state index contributed by atoms with van der Waals surface area (Å²) in [6.45, 7) is 2.36. The fourth-order valence-electron chi connectivity index (χ4n) is 1.83. The van der Waals surface area contributed by atoms with Gasteiger partial charge in [-0.15, -0.1) is 0 Å². The topological polar surface area (TPSA) is 83.0 Å². The average Bonchev–Trinajstić information content (AvgIpc) is 2.47. The lowest BCUT2D eigenvalue weighted by Gasteiger charge is -2.13. The van der Waals surface area contributed by atoms with Crippen molar-refractivity contribution in [3.63, 3.8) is 0 Å². The van der Waals surface area contributed by atoms with E-state index in [0.717, 1.165) is 17.2 Å². The van der Waals surface area contributed by atoms with Crippen LogP contribution in [0.25, 0.3) is 0 Å². The molecule has 2 heterocycles. The fraction of sp³-hybridized carbons (Fsp3) is 0.333. The van der Waals surface area contributed by atoms with Crippen molar-refractivity contribution >= 4 is 17.8 Å². The summed E-state index contributed by atoms with van der Waals surface area (Å²) in [4.78, 5) is 26.4. The van der Waals surface area contributed by atoms with Crippen LogP contribution in [0.4, 0.5) is 16.6 Å². The van der Waals surface area contributed by atoms with Crippen LogP contribution in [0.5, 0.6) is 0 Å². The molecule has 0 radical (unpaired) electrons. The lowest BCUT2D eigenvalue weighted by molar-refractivity contribution is 0.252. The number of carbonyl (C=O) groups is 1. The summed E-state index contributed by atoms with van der Waals surface area (Å²) in [5, 5.41) is 5.41. The first-order valence-corrected chi connectivity index (χ1v) is 7.02. The van der Waals surface area contributed by atoms with E-state index in [4.69, 9.17) is 0 Å². The summed E-state index contributed by atoms with van der Waals surface area (Å²) in [6, 6.07) is 7.23. The number of aromatic nitrogens is 3. The molecule has 0 atom stereocenters. The molecule has 0 aromatic carbocycles. The summed E-state index contributed by atoms with van der Waals surface area (Å²) in [7, 11) is 3.77. The number of aryl methyl sites for hydroxylation is 1. The van der Waals surface area contributed by atoms with Crippen molar-refractivity contribution < 1.29 is 4.79 Å². The molecule has 2 N–H and O–H groups in total. The van der Waals surface area contributed by atoms with Crippen molar-refractivity contribution in [3.05, 3.63) is 41.9 Å². The molecule has 0 aliphatic rings. The standard InChI is InChI=1S/C15H20N6O/c1-11-10-13(21(2)3)19-14(18-11)20-15(22)17-9-7-12-6-4-5-8-16-12/h4-6,8,10H,7,9H2,1-3H3,(H2,17,18,19,20,22). The molecule has 22 heavy (non-hydrogen) atoms. The Bertz CT molecular complexity index is 629. The molecule has 0 saturated carbocycles. The second-order valence-corrected chi connectivity index (χ2v) is 5.04. The largest absolute Gasteiger partial charge is 0.363 e. The molecule has 0 spiro atoms. The Morgan fingerprint density at radius 3 is 2.77 bits per heavy atom. The first-order chi connectivity index (χ1) is 10.5. The monoisotopic (exact) mass is 300 g/mol. The number of hydrogen-bond donors (Lipinski definition) is 2. The third kappa shape index (κ3) is 4.69. The summed E-state index contributed by atoms with van der Waals surface area (Å²) in [6.07, 6.45) is 2.41. The zero-order valence-corrected chi connectivity index (χ0v) is 13.0. The first kappa shape index (κ1) is 15.7. The van der Waals surface area contributed by atoms with Crippen LogP contribution in [0.3, 0.4) is 0 Å². The van der Waals surface area contributed by atoms with E-state index in [1.54, 1.807) is 6.20 Å². The molecule has 0 bridgehead atoms. The van der Waals surface area contributed by atoms with Gasteiger partial charge >= 0.3 is 6.03 Å². The molecule has 0 saturated heterocycles. The van der Waals surface area contributed by atoms with E-state index in [1.165, 1.54) is 0 Å². The lowest BCUT2D eigenvalue weighted by atomic mass is 10.3. The van der Waals surface area contributed by atoms with Gasteiger partial charge in [-0.05, 0) is 19.1 Å². The maximum absolute atomic E-state index is 11.9. The van der Waals surface area contributed by atoms with Gasteiger partial charge in [0.2, 0.25) is 5.95 Å². The molecule has 0 fully saturated rings. The Kier molecular flexibility index (Phi) is 5.24. The van der Waals surface area contributed by atoms with Crippen LogP contribution >= 0.6 is 0 Å². The predicted octanol–water partition coefficient (Wildman–Crippen LogP) is 1.61. The number of carbonyl (C=O) groups excluding carboxylic acids is 1. The molecular formula is C15H20N6O. The van der Waals surface area contributed by atoms with E-state index in [0.29, 0.717) is 18.9 Å². The summed E-state index contributed by atoms with van der Waals surface area (Å²) >= 11 is 0. The van der Waals surface area contributed by atoms with Gasteiger partial charge in [0.25, 0.3) is 0 Å². The minimum Gasteiger partial charge on any atom is -0.363 e. The van der Waals surface area contributed by atoms with Crippen molar-refractivity contribution in [1.29, 1.82) is 0 Å². The molecule has 116 valence electrons. The van der Waals surface area contributed by atoms with Crippen LogP contribution in [0, 0.1) is 6.92 Å². The second-order valence-electron chi connectivity index (χ2n) is 5.04. The van der Waals surface area contributed by atoms with E-state index in [9.17, 15) is 4.79 Å². The predicted molar refractivity (Wildman–Crippen MR) is 86.1 cm³/mol. The highest BCUT2D eigenvalue weighted by Crippen LogP contribution is 2.11. The van der Waals surface area contributed by atoms with Gasteiger partial charge in [-0.2, -0.15) is 4.98 Å². The van der Waals surface area contributed by atoms with Crippen LogP contribution in [0.15, 0.2) is 30.5 Å². The van der Waals surface area contributed by atoms with Gasteiger partial charge < -0.3 is 10.2 Å². The van der Waals surface area contributed by atoms with Gasteiger partial charge in [0.1, 0.15) is 5.82 Å². The number of nitrogens with one attached hydrogen (secondary N) is 2. The van der Waals surface area contributed by atoms with Crippen molar-refractivity contribution in [2.75, 3.05) is 30.9 Å². The highest BCUT2D eigenvalue weighted by Gasteiger charge is 2.07. The molecule has 2 aromatic heterocycles. The summed E-state index contributed by atoms with van der Waals surface area (Å²) in [5.74, 6) is 1.04. The normalized spacial score (nSPS) is 10.1. The van der Waals surface area contributed by atoms with Crippen molar-refractivity contribution in [2.45, 2.75) is 13.3 Å². The van der Waals surface area contributed by atoms with Crippen LogP contribution in [-0.4, -0.2) is 41.6 Å². The number of pyridine rings is 1. The molecule has 7 heteroatoms. The number of hydrogen-bond acceptors (Lipinski definition) is 5. The van der Waals surface area contributed by atoms with E-state index in [2.05, 4.69) is 25.6 Å². The number of amides is 2. The molecule has 2 aromatic rings. The summed E-state index contributed by atoms with van der Waals surface area (Å²) in [5.41, 5.74) is 1.73. The quantitative estimate of drug-likeness (QED) is 0.876. The molecule has 0 aliphatic carbocycles. The van der Waals surface area contributed by atoms with Gasteiger partial charge in [0.05, 0.1) is 0 Å². The van der Waals surface area contributed by atoms with Crippen LogP contribution < -0.4 is 15.5 Å². The maximum atomic E-state index is 11.9. The van der Waals surface area contributed by atoms with Gasteiger partial charge in [0, 0.05) is 50.7 Å². The molecule has 7 nitrogen and oxygen atoms in total. The Labute approximate surface area is 129 Å². The smallest absolute Gasteiger partial charge is 0.321 e. The Morgan fingerprint density at radius 2 is 2.09 bits per heavy atom. The van der Waals surface area contributed by atoms with Crippen molar-refractivity contribution in [3.8, 4) is 0 Å². The minimum atomic E-state index is -0.328. The third-order valence-electron chi connectivity index (χ3n) is 2.92. The van der Waals surface area contributed by atoms with Crippen LogP contribution in [0.2, 0.25) is 0 Å². The lowest BCUT2D eigenvalue weighted by Crippen LogP contribution is -2.31. The first-order valence-electron chi connectivity index (χ1n) is 7.02. The van der Waals surface area contributed by atoms with Gasteiger partial charge in [-0.1, -0.05) is 6.07 Å². The molecule has 2 rings (SSSR count). The third-order valence-corrected chi connectivity index (χ3v) is 2.92. The van der Waals surface area contributed by atoms with E-state index in [1.807, 2.05) is 50.2 Å². The minimum absolute atomic E-state index is 0.291. The SMILES string of the molecule is Cc1cc(N(C)C)nc(NC(=O)NCCc2ccccn2)n1. The fourth-order valence-corrected chi connectivity index (χ4v) is 1.83. The number of anilines is 2. The van der Waals surface area contributed by atoms with Crippen LogP contribution in [-0.2, 0) is 6.42 Å². The van der Waals surface area contributed by atoms with E-state index < -0.39 is 0 Å². The molecule has 0 unspecified atom stereocenters. The van der Waals surface area contributed by atoms with E-state index >= 15 is 0 Å². The van der Waals surface area contributed by atoms with Gasteiger partial charge in [-0.25, -0.2) is 9.78 Å². The number of rotatable bonds is 5. The molecule has 0 aliphatic heterocycles. The highest BCUT2D eigenvalue weighted by atomic mass is 16.2. The Balaban J connectivity index is 1.87. The Hall–Kier alpha value is -2.70. The summed E-state index contributed by atoms with van der Waals surface area (Å²) < 4.78 is 0. The van der Waals surface area contributed by atoms with Crippen molar-refractivity contribution in [1.82, 2.24) is 20.3 Å². The Morgan fingerprint density at radius 1 is 1.27 bits per heavy atom. The van der Waals surface area contributed by atoms with Gasteiger partial charge in [0.15, 0.2) is 0 Å². The van der Waals surface area contributed by atoms with Gasteiger partial charge in [-0.3, -0.25) is 10.3 Å². The van der Waals surface area contributed by atoms with Crippen LogP contribution in [0.1, 0.15) is 11.4 Å². The van der Waals surface area contributed by atoms with E-state index in [-0.39, 0.29) is 6.03 Å². The number of urea groups is 1. The van der Waals surface area contributed by atoms with Crippen molar-refractivity contribution in [2.24, 2.45) is 0 Å². The maximum Gasteiger partial charge on any atom is 0.321 e. The molecule has 2 amide bonds. The number of nitrogens with zero attached hydrogens (tertiary/aromatic N) is 4.